The lowest BCUT2D eigenvalue weighted by Crippen LogP contribution is -2.46. The molecule has 2 aliphatic rings. The van der Waals surface area contributed by atoms with Crippen LogP contribution in [-0.4, -0.2) is 76.2 Å². The molecule has 0 radical (unpaired) electrons. The summed E-state index contributed by atoms with van der Waals surface area (Å²) in [6.45, 7) is 2.51. The maximum absolute atomic E-state index is 15.2. The number of methoxy groups -OCH3 is 2. The molecule has 2 aromatic heterocycles. The number of anilines is 2. The molecule has 5 rings (SSSR count). The predicted octanol–water partition coefficient (Wildman–Crippen LogP) is 2.38. The molecule has 4 heterocycles. The third kappa shape index (κ3) is 4.19. The molecule has 14 heteroatoms. The number of nitrogens with zero attached hydrogens (tertiary/aromatic N) is 5. The molecular formula is C23H24F2N5O6S-. The molecule has 198 valence electrons. The lowest BCUT2D eigenvalue weighted by atomic mass is 10.1. The van der Waals surface area contributed by atoms with Crippen molar-refractivity contribution in [2.75, 3.05) is 57.4 Å². The summed E-state index contributed by atoms with van der Waals surface area (Å²) >= 11 is -2.65. The Labute approximate surface area is 213 Å². The van der Waals surface area contributed by atoms with Gasteiger partial charge in [0.05, 0.1) is 50.9 Å². The number of urea groups is 1. The smallest absolute Gasteiger partial charge is 0.329 e. The quantitative estimate of drug-likeness (QED) is 0.442. The van der Waals surface area contributed by atoms with E-state index in [4.69, 9.17) is 14.2 Å². The first kappa shape index (κ1) is 25.3. The molecule has 0 spiro atoms. The lowest BCUT2D eigenvalue weighted by molar-refractivity contribution is 0.0336. The van der Waals surface area contributed by atoms with Crippen LogP contribution in [-0.2, 0) is 29.1 Å². The van der Waals surface area contributed by atoms with Gasteiger partial charge in [-0.15, -0.1) is 0 Å². The van der Waals surface area contributed by atoms with Crippen LogP contribution < -0.4 is 19.3 Å². The van der Waals surface area contributed by atoms with Crippen LogP contribution in [0, 0.1) is 11.6 Å². The first-order valence-corrected chi connectivity index (χ1v) is 12.4. The minimum atomic E-state index is -2.65. The third-order valence-corrected chi connectivity index (χ3v) is 7.25. The third-order valence-electron chi connectivity index (χ3n) is 6.55. The summed E-state index contributed by atoms with van der Waals surface area (Å²) in [6, 6.07) is 2.02. The van der Waals surface area contributed by atoms with Crippen molar-refractivity contribution in [1.82, 2.24) is 13.9 Å². The molecule has 37 heavy (non-hydrogen) atoms. The van der Waals surface area contributed by atoms with Gasteiger partial charge in [-0.2, -0.15) is 0 Å². The van der Waals surface area contributed by atoms with E-state index in [1.54, 1.807) is 6.07 Å². The molecule has 1 atom stereocenters. The Hall–Kier alpha value is -3.33. The standard InChI is InChI=1S/C23H25F2N5O6S/c1-27-20-13(11-29(23(27)31)21-18(24)16(34-2)9-17(35-3)19(21)25)10-26-22-15(20)8-14(30(22)37(32)33)12-28-4-6-36-7-5-28/h8-10H,4-7,11-12H2,1-3H3,(H,32,33)/p-1. The fourth-order valence-electron chi connectivity index (χ4n) is 4.78. The Kier molecular flexibility index (Phi) is 6.74. The second kappa shape index (κ2) is 9.85. The second-order valence-electron chi connectivity index (χ2n) is 8.59. The summed E-state index contributed by atoms with van der Waals surface area (Å²) in [5, 5.41) is 0.435. The first-order chi connectivity index (χ1) is 17.8. The maximum Gasteiger partial charge on any atom is 0.329 e. The Morgan fingerprint density at radius 1 is 1.11 bits per heavy atom. The highest BCUT2D eigenvalue weighted by atomic mass is 32.2. The molecule has 1 saturated heterocycles. The van der Waals surface area contributed by atoms with Crippen LogP contribution in [0.5, 0.6) is 11.5 Å². The summed E-state index contributed by atoms with van der Waals surface area (Å²) in [6.07, 6.45) is 1.41. The second-order valence-corrected chi connectivity index (χ2v) is 9.39. The highest BCUT2D eigenvalue weighted by Gasteiger charge is 2.36. The monoisotopic (exact) mass is 536 g/mol. The van der Waals surface area contributed by atoms with Gasteiger partial charge in [0.15, 0.2) is 28.8 Å². The molecule has 1 fully saturated rings. The zero-order chi connectivity index (χ0) is 26.4. The Morgan fingerprint density at radius 2 is 1.76 bits per heavy atom. The Balaban J connectivity index is 1.62. The average molecular weight is 537 g/mol. The molecule has 11 nitrogen and oxygen atoms in total. The molecule has 2 amide bonds. The fourth-order valence-corrected chi connectivity index (χ4v) is 5.37. The van der Waals surface area contributed by atoms with E-state index in [0.717, 1.165) is 14.9 Å². The number of amides is 2. The Bertz CT molecular complexity index is 1380. The summed E-state index contributed by atoms with van der Waals surface area (Å²) in [4.78, 5) is 22.0. The van der Waals surface area contributed by atoms with Crippen molar-refractivity contribution in [3.8, 4) is 11.5 Å². The highest BCUT2D eigenvalue weighted by Crippen LogP contribution is 2.42. The molecule has 0 N–H and O–H groups in total. The van der Waals surface area contributed by atoms with Crippen LogP contribution in [0.4, 0.5) is 25.0 Å². The fraction of sp³-hybridized carbons (Fsp3) is 0.391. The van der Waals surface area contributed by atoms with Gasteiger partial charge in [-0.25, -0.2) is 18.6 Å². The number of rotatable bonds is 6. The van der Waals surface area contributed by atoms with Crippen molar-refractivity contribution in [2.24, 2.45) is 0 Å². The molecule has 1 aromatic carbocycles. The molecule has 1 unspecified atom stereocenters. The van der Waals surface area contributed by atoms with Gasteiger partial charge in [0.25, 0.3) is 0 Å². The summed E-state index contributed by atoms with van der Waals surface area (Å²) in [5.74, 6) is -2.68. The summed E-state index contributed by atoms with van der Waals surface area (Å²) < 4.78 is 71.2. The average Bonchev–Trinajstić information content (AvgIpc) is 3.25. The van der Waals surface area contributed by atoms with E-state index in [1.807, 2.05) is 0 Å². The SMILES string of the molecule is COc1cc(OC)c(F)c(N2Cc3cnc4c(cc(CN5CCOCC5)n4S(=O)[O-])c3N(C)C2=O)c1F. The highest BCUT2D eigenvalue weighted by molar-refractivity contribution is 7.77. The number of aromatic nitrogens is 2. The number of fused-ring (bicyclic) bond motifs is 3. The number of carbonyl (C=O) groups excluding carboxylic acids is 1. The van der Waals surface area contributed by atoms with Crippen LogP contribution in [0.15, 0.2) is 18.3 Å². The van der Waals surface area contributed by atoms with Crippen molar-refractivity contribution in [3.63, 3.8) is 0 Å². The van der Waals surface area contributed by atoms with Crippen LogP contribution in [0.2, 0.25) is 0 Å². The van der Waals surface area contributed by atoms with E-state index in [-0.39, 0.29) is 23.7 Å². The summed E-state index contributed by atoms with van der Waals surface area (Å²) in [7, 11) is 3.89. The van der Waals surface area contributed by atoms with Gasteiger partial charge in [0.2, 0.25) is 0 Å². The summed E-state index contributed by atoms with van der Waals surface area (Å²) in [5.41, 5.74) is 0.897. The zero-order valence-electron chi connectivity index (χ0n) is 20.3. The molecule has 0 aliphatic carbocycles. The van der Waals surface area contributed by atoms with Gasteiger partial charge in [-0.1, -0.05) is 0 Å². The lowest BCUT2D eigenvalue weighted by Gasteiger charge is -2.35. The van der Waals surface area contributed by atoms with E-state index in [1.165, 1.54) is 32.4 Å². The number of benzene rings is 1. The van der Waals surface area contributed by atoms with E-state index in [9.17, 15) is 13.6 Å². The number of morpholine rings is 1. The zero-order valence-corrected chi connectivity index (χ0v) is 21.1. The number of pyridine rings is 1. The van der Waals surface area contributed by atoms with Gasteiger partial charge in [-0.3, -0.25) is 22.9 Å². The van der Waals surface area contributed by atoms with Crippen molar-refractivity contribution < 1.29 is 36.5 Å². The van der Waals surface area contributed by atoms with Gasteiger partial charge in [0.1, 0.15) is 5.69 Å². The number of ether oxygens (including phenoxy) is 3. The van der Waals surface area contributed by atoms with Crippen molar-refractivity contribution in [2.45, 2.75) is 13.1 Å². The van der Waals surface area contributed by atoms with Crippen LogP contribution >= 0.6 is 0 Å². The van der Waals surface area contributed by atoms with Gasteiger partial charge in [-0.05, 0) is 6.07 Å². The van der Waals surface area contributed by atoms with Crippen LogP contribution in [0.1, 0.15) is 11.3 Å². The molecule has 3 aromatic rings. The predicted molar refractivity (Wildman–Crippen MR) is 130 cm³/mol. The Morgan fingerprint density at radius 3 is 2.35 bits per heavy atom. The number of carbonyl (C=O) groups is 1. The van der Waals surface area contributed by atoms with Gasteiger partial charge in [0, 0.05) is 55.6 Å². The van der Waals surface area contributed by atoms with Gasteiger partial charge < -0.3 is 18.8 Å². The number of halogens is 2. The molecule has 2 aliphatic heterocycles. The van der Waals surface area contributed by atoms with Crippen LogP contribution in [0.3, 0.4) is 0 Å². The largest absolute Gasteiger partial charge is 0.755 e. The molecular weight excluding hydrogens is 512 g/mol. The molecule has 0 saturated carbocycles. The first-order valence-electron chi connectivity index (χ1n) is 11.3. The van der Waals surface area contributed by atoms with Gasteiger partial charge >= 0.3 is 6.03 Å². The minimum absolute atomic E-state index is 0.156. The van der Waals surface area contributed by atoms with Crippen molar-refractivity contribution >= 4 is 39.7 Å². The topological polar surface area (TPSA) is 112 Å². The van der Waals surface area contributed by atoms with Crippen molar-refractivity contribution in [1.29, 1.82) is 0 Å². The molecule has 0 bridgehead atoms. The van der Waals surface area contributed by atoms with Crippen LogP contribution in [0.25, 0.3) is 11.0 Å². The normalized spacial score (nSPS) is 17.3. The minimum Gasteiger partial charge on any atom is -0.755 e. The van der Waals surface area contributed by atoms with E-state index in [2.05, 4.69) is 9.88 Å². The van der Waals surface area contributed by atoms with E-state index >= 15 is 8.78 Å². The van der Waals surface area contributed by atoms with Crippen molar-refractivity contribution in [3.05, 3.63) is 41.2 Å². The maximum atomic E-state index is 15.2. The van der Waals surface area contributed by atoms with E-state index in [0.29, 0.717) is 55.2 Å². The number of hydrogen-bond acceptors (Lipinski definition) is 8. The number of hydrogen-bond donors (Lipinski definition) is 0. The van der Waals surface area contributed by atoms with E-state index < -0.39 is 34.6 Å².